The van der Waals surface area contributed by atoms with Gasteiger partial charge in [-0.1, -0.05) is 0 Å². The maximum absolute atomic E-state index is 13.2. The Kier molecular flexibility index (Phi) is 4.66. The molecule has 1 aromatic carbocycles. The summed E-state index contributed by atoms with van der Waals surface area (Å²) < 4.78 is 27.3. The molecule has 1 atom stereocenters. The van der Waals surface area contributed by atoms with Gasteiger partial charge in [0.2, 0.25) is 21.8 Å². The number of fused-ring (bicyclic) bond motifs is 1. The van der Waals surface area contributed by atoms with Crippen molar-refractivity contribution in [2.45, 2.75) is 55.9 Å². The van der Waals surface area contributed by atoms with E-state index in [9.17, 15) is 18.0 Å². The summed E-state index contributed by atoms with van der Waals surface area (Å²) in [6.45, 7) is 2.31. The Morgan fingerprint density at radius 2 is 1.79 bits per heavy atom. The monoisotopic (exact) mass is 417 g/mol. The van der Waals surface area contributed by atoms with Gasteiger partial charge in [-0.15, -0.1) is 0 Å². The van der Waals surface area contributed by atoms with Gasteiger partial charge in [-0.25, -0.2) is 8.42 Å². The zero-order chi connectivity index (χ0) is 20.2. The molecule has 1 aromatic rings. The molecule has 3 aliphatic heterocycles. The van der Waals surface area contributed by atoms with E-state index >= 15 is 0 Å². The van der Waals surface area contributed by atoms with Crippen LogP contribution in [-0.2, 0) is 26.0 Å². The molecule has 2 amide bonds. The lowest BCUT2D eigenvalue weighted by molar-refractivity contribution is -0.128. The third-order valence-corrected chi connectivity index (χ3v) is 8.53. The molecule has 1 saturated carbocycles. The average Bonchev–Trinajstić information content (AvgIpc) is 3.24. The van der Waals surface area contributed by atoms with Crippen molar-refractivity contribution in [2.24, 2.45) is 5.92 Å². The van der Waals surface area contributed by atoms with Gasteiger partial charge in [-0.3, -0.25) is 9.59 Å². The highest BCUT2D eigenvalue weighted by Gasteiger charge is 2.43. The Hall–Kier alpha value is -1.93. The van der Waals surface area contributed by atoms with E-state index in [4.69, 9.17) is 0 Å². The fourth-order valence-corrected chi connectivity index (χ4v) is 6.47. The zero-order valence-electron chi connectivity index (χ0n) is 16.5. The highest BCUT2D eigenvalue weighted by atomic mass is 32.2. The molecular formula is C21H27N3O4S. The molecule has 0 bridgehead atoms. The molecule has 5 rings (SSSR count). The molecule has 1 unspecified atom stereocenters. The number of benzene rings is 1. The summed E-state index contributed by atoms with van der Waals surface area (Å²) in [5.41, 5.74) is 1.71. The van der Waals surface area contributed by atoms with Crippen molar-refractivity contribution in [3.63, 3.8) is 0 Å². The lowest BCUT2D eigenvalue weighted by Crippen LogP contribution is -2.41. The van der Waals surface area contributed by atoms with Crippen LogP contribution in [0.4, 0.5) is 5.69 Å². The van der Waals surface area contributed by atoms with Gasteiger partial charge < -0.3 is 9.80 Å². The summed E-state index contributed by atoms with van der Waals surface area (Å²) in [7, 11) is -3.46. The van der Waals surface area contributed by atoms with Crippen molar-refractivity contribution in [1.82, 2.24) is 9.21 Å². The minimum absolute atomic E-state index is 0.00222. The maximum Gasteiger partial charge on any atom is 0.243 e. The van der Waals surface area contributed by atoms with Gasteiger partial charge in [-0.05, 0) is 62.3 Å². The Morgan fingerprint density at radius 1 is 1.03 bits per heavy atom. The van der Waals surface area contributed by atoms with Crippen LogP contribution in [-0.4, -0.2) is 61.7 Å². The lowest BCUT2D eigenvalue weighted by Gasteiger charge is -2.32. The lowest BCUT2D eigenvalue weighted by atomic mass is 9.99. The third-order valence-electron chi connectivity index (χ3n) is 6.63. The van der Waals surface area contributed by atoms with Crippen LogP contribution in [0.3, 0.4) is 0 Å². The Bertz CT molecular complexity index is 951. The summed E-state index contributed by atoms with van der Waals surface area (Å²) in [6.07, 6.45) is 5.78. The Labute approximate surface area is 171 Å². The molecular weight excluding hydrogens is 390 g/mol. The van der Waals surface area contributed by atoms with Gasteiger partial charge >= 0.3 is 0 Å². The van der Waals surface area contributed by atoms with Gasteiger partial charge in [0.15, 0.2) is 0 Å². The van der Waals surface area contributed by atoms with E-state index < -0.39 is 10.0 Å². The molecule has 0 aromatic heterocycles. The van der Waals surface area contributed by atoms with Gasteiger partial charge in [-0.2, -0.15) is 4.31 Å². The number of carbonyl (C=O) groups is 2. The number of rotatable bonds is 4. The van der Waals surface area contributed by atoms with Crippen molar-refractivity contribution < 1.29 is 18.0 Å². The minimum Gasteiger partial charge on any atom is -0.339 e. The summed E-state index contributed by atoms with van der Waals surface area (Å²) in [5.74, 6) is -0.199. The predicted octanol–water partition coefficient (Wildman–Crippen LogP) is 1.76. The largest absolute Gasteiger partial charge is 0.339 e. The first-order valence-electron chi connectivity index (χ1n) is 10.7. The third kappa shape index (κ3) is 3.36. The van der Waals surface area contributed by atoms with Gasteiger partial charge in [0.05, 0.1) is 10.8 Å². The number of sulfonamides is 1. The highest BCUT2D eigenvalue weighted by molar-refractivity contribution is 7.89. The smallest absolute Gasteiger partial charge is 0.243 e. The second-order valence-corrected chi connectivity index (χ2v) is 10.6. The molecule has 0 N–H and O–H groups in total. The van der Waals surface area contributed by atoms with E-state index in [0.29, 0.717) is 43.5 Å². The van der Waals surface area contributed by atoms with E-state index in [1.54, 1.807) is 27.4 Å². The van der Waals surface area contributed by atoms with E-state index in [-0.39, 0.29) is 17.7 Å². The maximum atomic E-state index is 13.2. The highest BCUT2D eigenvalue weighted by Crippen LogP contribution is 2.36. The minimum atomic E-state index is -3.46. The predicted molar refractivity (Wildman–Crippen MR) is 108 cm³/mol. The number of anilines is 1. The van der Waals surface area contributed by atoms with Crippen LogP contribution in [0.5, 0.6) is 0 Å². The summed E-state index contributed by atoms with van der Waals surface area (Å²) in [6, 6.07) is 5.50. The molecule has 7 nitrogen and oxygen atoms in total. The van der Waals surface area contributed by atoms with Gasteiger partial charge in [0.25, 0.3) is 0 Å². The van der Waals surface area contributed by atoms with Gasteiger partial charge in [0, 0.05) is 44.3 Å². The fraction of sp³-hybridized carbons (Fsp3) is 0.619. The summed E-state index contributed by atoms with van der Waals surface area (Å²) in [4.78, 5) is 29.4. The summed E-state index contributed by atoms with van der Waals surface area (Å²) in [5, 5.41) is 0. The van der Waals surface area contributed by atoms with Crippen molar-refractivity contribution in [2.75, 3.05) is 31.1 Å². The molecule has 4 aliphatic rings. The van der Waals surface area contributed by atoms with E-state index in [0.717, 1.165) is 49.8 Å². The SMILES string of the molecule is O=C(C1CC(=O)N(C2CC2)C1)N1CCCc2cc(S(=O)(=O)N3CCCC3)ccc21. The number of amides is 2. The van der Waals surface area contributed by atoms with Crippen LogP contribution < -0.4 is 4.90 Å². The van der Waals surface area contributed by atoms with E-state index in [1.807, 2.05) is 4.90 Å². The molecule has 1 aliphatic carbocycles. The summed E-state index contributed by atoms with van der Waals surface area (Å²) >= 11 is 0. The van der Waals surface area contributed by atoms with Crippen LogP contribution in [0, 0.1) is 5.92 Å². The number of hydrogen-bond donors (Lipinski definition) is 0. The molecule has 8 heteroatoms. The van der Waals surface area contributed by atoms with Crippen molar-refractivity contribution >= 4 is 27.5 Å². The number of aryl methyl sites for hydroxylation is 1. The Balaban J connectivity index is 1.38. The van der Waals surface area contributed by atoms with Crippen molar-refractivity contribution in [1.29, 1.82) is 0 Å². The molecule has 156 valence electrons. The molecule has 3 heterocycles. The molecule has 0 spiro atoms. The fourth-order valence-electron chi connectivity index (χ4n) is 4.90. The standard InChI is InChI=1S/C21H27N3O4S/c25-20-13-16(14-24(20)17-5-6-17)21(26)23-11-3-4-15-12-18(7-8-19(15)23)29(27,28)22-9-1-2-10-22/h7-8,12,16-17H,1-6,9-11,13-14H2. The number of hydrogen-bond acceptors (Lipinski definition) is 4. The normalized spacial score (nSPS) is 25.5. The van der Waals surface area contributed by atoms with Crippen LogP contribution in [0.15, 0.2) is 23.1 Å². The van der Waals surface area contributed by atoms with Crippen LogP contribution >= 0.6 is 0 Å². The molecule has 0 radical (unpaired) electrons. The van der Waals surface area contributed by atoms with Crippen LogP contribution in [0.25, 0.3) is 0 Å². The molecule has 3 fully saturated rings. The van der Waals surface area contributed by atoms with Crippen molar-refractivity contribution in [3.05, 3.63) is 23.8 Å². The topological polar surface area (TPSA) is 78.0 Å². The Morgan fingerprint density at radius 3 is 2.52 bits per heavy atom. The first-order valence-corrected chi connectivity index (χ1v) is 12.1. The van der Waals surface area contributed by atoms with E-state index in [2.05, 4.69) is 0 Å². The van der Waals surface area contributed by atoms with Crippen LogP contribution in [0.1, 0.15) is 44.1 Å². The van der Waals surface area contributed by atoms with Crippen LogP contribution in [0.2, 0.25) is 0 Å². The van der Waals surface area contributed by atoms with Gasteiger partial charge in [0.1, 0.15) is 0 Å². The first kappa shape index (κ1) is 19.1. The average molecular weight is 418 g/mol. The van der Waals surface area contributed by atoms with E-state index in [1.165, 1.54) is 0 Å². The second-order valence-electron chi connectivity index (χ2n) is 8.67. The first-order chi connectivity index (χ1) is 13.9. The second kappa shape index (κ2) is 7.09. The number of nitrogens with zero attached hydrogens (tertiary/aromatic N) is 3. The molecule has 2 saturated heterocycles. The number of carbonyl (C=O) groups excluding carboxylic acids is 2. The zero-order valence-corrected chi connectivity index (χ0v) is 17.4. The quantitative estimate of drug-likeness (QED) is 0.748. The number of likely N-dealkylation sites (tertiary alicyclic amines) is 1. The molecule has 29 heavy (non-hydrogen) atoms. The van der Waals surface area contributed by atoms with Crippen molar-refractivity contribution in [3.8, 4) is 0 Å².